The van der Waals surface area contributed by atoms with Crippen LogP contribution in [0.2, 0.25) is 0 Å². The predicted molar refractivity (Wildman–Crippen MR) is 45.2 cm³/mol. The van der Waals surface area contributed by atoms with E-state index in [9.17, 15) is 0 Å². The molecular formula is C8H15N3. The fourth-order valence-electron chi connectivity index (χ4n) is 1.70. The van der Waals surface area contributed by atoms with E-state index < -0.39 is 0 Å². The van der Waals surface area contributed by atoms with Crippen molar-refractivity contribution >= 4 is 0 Å². The molecule has 62 valence electrons. The molecule has 1 aliphatic rings. The third-order valence-electron chi connectivity index (χ3n) is 2.38. The molecule has 3 nitrogen and oxygen atoms in total. The zero-order valence-electron chi connectivity index (χ0n) is 6.87. The minimum Gasteiger partial charge on any atom is -0.0937 e. The Kier molecular flexibility index (Phi) is 3.84. The van der Waals surface area contributed by atoms with E-state index in [1.165, 1.54) is 38.5 Å². The number of azide groups is 1. The van der Waals surface area contributed by atoms with E-state index in [1.807, 2.05) is 0 Å². The molecule has 0 aromatic carbocycles. The molecule has 0 spiro atoms. The van der Waals surface area contributed by atoms with Crippen LogP contribution in [0.4, 0.5) is 0 Å². The van der Waals surface area contributed by atoms with E-state index in [2.05, 4.69) is 10.0 Å². The molecule has 1 rings (SSSR count). The number of rotatable bonds is 2. The average molecular weight is 153 g/mol. The molecule has 0 heterocycles. The normalized spacial score (nSPS) is 20.4. The molecule has 0 unspecified atom stereocenters. The predicted octanol–water partition coefficient (Wildman–Crippen LogP) is 3.27. The summed E-state index contributed by atoms with van der Waals surface area (Å²) in [6.07, 6.45) is 7.91. The molecule has 0 aliphatic heterocycles. The summed E-state index contributed by atoms with van der Waals surface area (Å²) in [6, 6.07) is 0. The van der Waals surface area contributed by atoms with E-state index in [0.29, 0.717) is 5.92 Å². The van der Waals surface area contributed by atoms with Crippen molar-refractivity contribution in [3.05, 3.63) is 10.4 Å². The Bertz CT molecular complexity index is 141. The van der Waals surface area contributed by atoms with Crippen LogP contribution < -0.4 is 0 Å². The molecule has 11 heavy (non-hydrogen) atoms. The summed E-state index contributed by atoms with van der Waals surface area (Å²) < 4.78 is 0. The van der Waals surface area contributed by atoms with Crippen LogP contribution in [0.3, 0.4) is 0 Å². The summed E-state index contributed by atoms with van der Waals surface area (Å²) in [4.78, 5) is 2.79. The molecule has 0 bridgehead atoms. The minimum absolute atomic E-state index is 0.674. The fourth-order valence-corrected chi connectivity index (χ4v) is 1.70. The third-order valence-corrected chi connectivity index (χ3v) is 2.38. The highest BCUT2D eigenvalue weighted by Gasteiger charge is 2.10. The van der Waals surface area contributed by atoms with Gasteiger partial charge in [0.05, 0.1) is 0 Å². The van der Waals surface area contributed by atoms with Gasteiger partial charge in [-0.3, -0.25) is 0 Å². The van der Waals surface area contributed by atoms with Crippen molar-refractivity contribution in [2.45, 2.75) is 38.5 Å². The number of hydrogen-bond donors (Lipinski definition) is 0. The van der Waals surface area contributed by atoms with E-state index in [0.717, 1.165) is 6.54 Å². The van der Waals surface area contributed by atoms with Crippen LogP contribution in [0.15, 0.2) is 5.11 Å². The van der Waals surface area contributed by atoms with Crippen molar-refractivity contribution in [3.63, 3.8) is 0 Å². The van der Waals surface area contributed by atoms with E-state index in [1.54, 1.807) is 0 Å². The van der Waals surface area contributed by atoms with Gasteiger partial charge in [0.15, 0.2) is 0 Å². The second-order valence-electron chi connectivity index (χ2n) is 3.27. The maximum atomic E-state index is 8.13. The SMILES string of the molecule is [N-]=[N+]=NCC1CCCCCC1. The van der Waals surface area contributed by atoms with Gasteiger partial charge in [0, 0.05) is 11.5 Å². The molecule has 0 aromatic heterocycles. The van der Waals surface area contributed by atoms with Gasteiger partial charge in [-0.15, -0.1) is 0 Å². The van der Waals surface area contributed by atoms with Crippen LogP contribution in [0.5, 0.6) is 0 Å². The smallest absolute Gasteiger partial charge is 0.0286 e. The molecule has 0 amide bonds. The standard InChI is InChI=1S/C8H15N3/c9-11-10-7-8-5-3-1-2-4-6-8/h8H,1-7H2. The Hall–Kier alpha value is -0.690. The summed E-state index contributed by atoms with van der Waals surface area (Å²) >= 11 is 0. The largest absolute Gasteiger partial charge is 0.0937 e. The van der Waals surface area contributed by atoms with Crippen LogP contribution in [0, 0.1) is 5.92 Å². The van der Waals surface area contributed by atoms with Gasteiger partial charge in [0.25, 0.3) is 0 Å². The van der Waals surface area contributed by atoms with Gasteiger partial charge in [-0.25, -0.2) is 0 Å². The van der Waals surface area contributed by atoms with Crippen LogP contribution in [0.1, 0.15) is 38.5 Å². The summed E-state index contributed by atoms with van der Waals surface area (Å²) in [6.45, 7) is 0.719. The summed E-state index contributed by atoms with van der Waals surface area (Å²) in [5.41, 5.74) is 8.13. The average Bonchev–Trinajstić information content (AvgIpc) is 2.28. The van der Waals surface area contributed by atoms with Crippen molar-refractivity contribution in [3.8, 4) is 0 Å². The first-order chi connectivity index (χ1) is 5.43. The lowest BCUT2D eigenvalue weighted by molar-refractivity contribution is 0.470. The van der Waals surface area contributed by atoms with Gasteiger partial charge < -0.3 is 0 Å². The van der Waals surface area contributed by atoms with Gasteiger partial charge in [-0.2, -0.15) is 0 Å². The number of hydrogen-bond acceptors (Lipinski definition) is 1. The Balaban J connectivity index is 2.24. The molecule has 0 radical (unpaired) electrons. The quantitative estimate of drug-likeness (QED) is 0.253. The number of nitrogens with zero attached hydrogens (tertiary/aromatic N) is 3. The highest BCUT2D eigenvalue weighted by atomic mass is 15.1. The highest BCUT2D eigenvalue weighted by molar-refractivity contribution is 4.66. The topological polar surface area (TPSA) is 48.8 Å². The van der Waals surface area contributed by atoms with Crippen molar-refractivity contribution < 1.29 is 0 Å². The third kappa shape index (κ3) is 3.28. The van der Waals surface area contributed by atoms with Crippen molar-refractivity contribution in [2.75, 3.05) is 6.54 Å². The van der Waals surface area contributed by atoms with Gasteiger partial charge in [0.1, 0.15) is 0 Å². The van der Waals surface area contributed by atoms with Crippen LogP contribution in [-0.2, 0) is 0 Å². The zero-order valence-corrected chi connectivity index (χ0v) is 6.87. The van der Waals surface area contributed by atoms with Gasteiger partial charge in [-0.1, -0.05) is 43.6 Å². The molecule has 0 atom stereocenters. The lowest BCUT2D eigenvalue weighted by Gasteiger charge is -2.08. The van der Waals surface area contributed by atoms with E-state index in [4.69, 9.17) is 5.53 Å². The Morgan fingerprint density at radius 3 is 2.36 bits per heavy atom. The van der Waals surface area contributed by atoms with Crippen molar-refractivity contribution in [1.29, 1.82) is 0 Å². The van der Waals surface area contributed by atoms with Crippen LogP contribution in [-0.4, -0.2) is 6.54 Å². The summed E-state index contributed by atoms with van der Waals surface area (Å²) in [5.74, 6) is 0.674. The van der Waals surface area contributed by atoms with Gasteiger partial charge in [0.2, 0.25) is 0 Å². The highest BCUT2D eigenvalue weighted by Crippen LogP contribution is 2.22. The second-order valence-corrected chi connectivity index (χ2v) is 3.27. The lowest BCUT2D eigenvalue weighted by atomic mass is 10.0. The van der Waals surface area contributed by atoms with Crippen molar-refractivity contribution in [1.82, 2.24) is 0 Å². The Morgan fingerprint density at radius 1 is 1.18 bits per heavy atom. The Morgan fingerprint density at radius 2 is 1.82 bits per heavy atom. The minimum atomic E-state index is 0.674. The maximum Gasteiger partial charge on any atom is 0.0286 e. The first-order valence-electron chi connectivity index (χ1n) is 4.44. The molecule has 1 saturated carbocycles. The molecule has 0 saturated heterocycles. The van der Waals surface area contributed by atoms with Gasteiger partial charge in [-0.05, 0) is 11.4 Å². The molecule has 1 aliphatic carbocycles. The van der Waals surface area contributed by atoms with E-state index >= 15 is 0 Å². The molecular weight excluding hydrogens is 138 g/mol. The molecule has 0 N–H and O–H groups in total. The van der Waals surface area contributed by atoms with Crippen LogP contribution >= 0.6 is 0 Å². The Labute approximate surface area is 67.4 Å². The van der Waals surface area contributed by atoms with Crippen molar-refractivity contribution in [2.24, 2.45) is 11.0 Å². The maximum absolute atomic E-state index is 8.13. The lowest BCUT2D eigenvalue weighted by Crippen LogP contribution is -2.01. The summed E-state index contributed by atoms with van der Waals surface area (Å²) in [7, 11) is 0. The second kappa shape index (κ2) is 5.03. The zero-order chi connectivity index (χ0) is 7.94. The molecule has 1 fully saturated rings. The van der Waals surface area contributed by atoms with E-state index in [-0.39, 0.29) is 0 Å². The molecule has 0 aromatic rings. The first kappa shape index (κ1) is 8.41. The monoisotopic (exact) mass is 153 g/mol. The summed E-state index contributed by atoms with van der Waals surface area (Å²) in [5, 5.41) is 3.62. The van der Waals surface area contributed by atoms with Gasteiger partial charge >= 0.3 is 0 Å². The first-order valence-corrected chi connectivity index (χ1v) is 4.44. The molecule has 3 heteroatoms. The fraction of sp³-hybridized carbons (Fsp3) is 1.00. The van der Waals surface area contributed by atoms with Crippen LogP contribution in [0.25, 0.3) is 10.4 Å².